The predicted molar refractivity (Wildman–Crippen MR) is 80.1 cm³/mol. The van der Waals surface area contributed by atoms with Gasteiger partial charge in [0.1, 0.15) is 17.9 Å². The summed E-state index contributed by atoms with van der Waals surface area (Å²) in [5, 5.41) is 2.63. The lowest BCUT2D eigenvalue weighted by molar-refractivity contribution is -0.154. The second kappa shape index (κ2) is 7.25. The van der Waals surface area contributed by atoms with Crippen LogP contribution in [0, 0.1) is 0 Å². The van der Waals surface area contributed by atoms with Crippen LogP contribution in [0.15, 0.2) is 28.7 Å². The molecule has 0 saturated heterocycles. The molecule has 0 amide bonds. The molecule has 20 heavy (non-hydrogen) atoms. The van der Waals surface area contributed by atoms with Gasteiger partial charge in [0.05, 0.1) is 0 Å². The number of esters is 1. The molecular weight excluding hydrogens is 345 g/mol. The van der Waals surface area contributed by atoms with Crippen molar-refractivity contribution in [3.05, 3.63) is 28.7 Å². The van der Waals surface area contributed by atoms with E-state index >= 15 is 0 Å². The maximum Gasteiger partial charge on any atom is 0.323 e. The molecule has 1 unspecified atom stereocenters. The van der Waals surface area contributed by atoms with Crippen molar-refractivity contribution in [2.75, 3.05) is 0 Å². The zero-order valence-corrected chi connectivity index (χ0v) is 13.7. The van der Waals surface area contributed by atoms with Gasteiger partial charge in [0.2, 0.25) is 0 Å². The molecular formula is C13H17BrNO4P. The van der Waals surface area contributed by atoms with Crippen LogP contribution in [-0.2, 0) is 14.1 Å². The first-order valence-corrected chi connectivity index (χ1v) is 8.60. The molecule has 1 saturated carbocycles. The highest BCUT2D eigenvalue weighted by Gasteiger charge is 2.25. The van der Waals surface area contributed by atoms with Gasteiger partial charge in [0.25, 0.3) is 0 Å². The highest BCUT2D eigenvalue weighted by Crippen LogP contribution is 2.26. The van der Waals surface area contributed by atoms with E-state index in [4.69, 9.17) is 9.26 Å². The summed E-state index contributed by atoms with van der Waals surface area (Å²) in [6, 6.07) is 6.34. The largest absolute Gasteiger partial charge is 0.461 e. The number of hydrogen-bond acceptors (Lipinski definition) is 4. The minimum absolute atomic E-state index is 0.0291. The lowest BCUT2D eigenvalue weighted by Crippen LogP contribution is -2.36. The molecule has 110 valence electrons. The number of halogens is 1. The third kappa shape index (κ3) is 4.62. The van der Waals surface area contributed by atoms with E-state index in [1.165, 1.54) is 0 Å². The standard InChI is InChI=1S/C13H17BrNO4P/c1-9(13(16)18-11-3-2-4-11)15-20(17)19-12-7-5-10(14)6-8-12/h5-9,11,20H,2-4H2,1H3,(H,15,17)/t9-/m0/s1. The quantitative estimate of drug-likeness (QED) is 0.622. The molecule has 0 bridgehead atoms. The Morgan fingerprint density at radius 1 is 1.40 bits per heavy atom. The zero-order valence-electron chi connectivity index (χ0n) is 11.1. The third-order valence-corrected chi connectivity index (χ3v) is 4.67. The van der Waals surface area contributed by atoms with Crippen molar-refractivity contribution in [2.24, 2.45) is 0 Å². The van der Waals surface area contributed by atoms with Crippen molar-refractivity contribution in [2.45, 2.75) is 38.3 Å². The van der Waals surface area contributed by atoms with Gasteiger partial charge < -0.3 is 9.26 Å². The van der Waals surface area contributed by atoms with Crippen molar-refractivity contribution in [1.82, 2.24) is 5.09 Å². The van der Waals surface area contributed by atoms with E-state index in [9.17, 15) is 9.36 Å². The Hall–Kier alpha value is -0.840. The average Bonchev–Trinajstić information content (AvgIpc) is 2.36. The fourth-order valence-electron chi connectivity index (χ4n) is 1.63. The summed E-state index contributed by atoms with van der Waals surface area (Å²) in [6.45, 7) is 1.62. The van der Waals surface area contributed by atoms with Crippen molar-refractivity contribution in [1.29, 1.82) is 0 Å². The minimum atomic E-state index is -2.54. The Morgan fingerprint density at radius 2 is 2.05 bits per heavy atom. The Morgan fingerprint density at radius 3 is 2.60 bits per heavy atom. The SMILES string of the molecule is C[C@H](N[PH](=O)Oc1ccc(Br)cc1)C(=O)OC1CCC1. The molecule has 0 aromatic heterocycles. The number of rotatable bonds is 6. The summed E-state index contributed by atoms with van der Waals surface area (Å²) in [4.78, 5) is 11.7. The highest BCUT2D eigenvalue weighted by atomic mass is 79.9. The summed E-state index contributed by atoms with van der Waals surface area (Å²) < 4.78 is 23.2. The lowest BCUT2D eigenvalue weighted by atomic mass is 9.96. The Balaban J connectivity index is 1.77. The summed E-state index contributed by atoms with van der Waals surface area (Å²) in [7, 11) is -2.54. The second-order valence-electron chi connectivity index (χ2n) is 4.70. The van der Waals surface area contributed by atoms with Crippen LogP contribution in [0.1, 0.15) is 26.2 Å². The van der Waals surface area contributed by atoms with E-state index in [1.807, 2.05) is 0 Å². The molecule has 1 aliphatic carbocycles. The van der Waals surface area contributed by atoms with Crippen LogP contribution in [-0.4, -0.2) is 18.1 Å². The van der Waals surface area contributed by atoms with E-state index in [1.54, 1.807) is 31.2 Å². The summed E-state index contributed by atoms with van der Waals surface area (Å²) in [5.74, 6) is 0.108. The van der Waals surface area contributed by atoms with Crippen molar-refractivity contribution >= 4 is 30.1 Å². The molecule has 2 rings (SSSR count). The summed E-state index contributed by atoms with van der Waals surface area (Å²) in [5.41, 5.74) is 0. The van der Waals surface area contributed by atoms with Gasteiger partial charge in [-0.15, -0.1) is 0 Å². The normalized spacial score (nSPS) is 17.9. The number of carbonyl (C=O) groups excluding carboxylic acids is 1. The molecule has 0 radical (unpaired) electrons. The second-order valence-corrected chi connectivity index (χ2v) is 6.68. The van der Waals surface area contributed by atoms with Gasteiger partial charge in [-0.05, 0) is 50.5 Å². The van der Waals surface area contributed by atoms with Gasteiger partial charge in [0, 0.05) is 4.47 Å². The van der Waals surface area contributed by atoms with E-state index in [-0.39, 0.29) is 12.1 Å². The van der Waals surface area contributed by atoms with Crippen molar-refractivity contribution < 1.29 is 18.6 Å². The first-order valence-electron chi connectivity index (χ1n) is 6.49. The number of benzene rings is 1. The zero-order chi connectivity index (χ0) is 14.5. The van der Waals surface area contributed by atoms with E-state index in [0.717, 1.165) is 23.7 Å². The first kappa shape index (κ1) is 15.5. The molecule has 1 aromatic carbocycles. The van der Waals surface area contributed by atoms with Crippen LogP contribution in [0.5, 0.6) is 5.75 Å². The minimum Gasteiger partial charge on any atom is -0.461 e. The average molecular weight is 362 g/mol. The third-order valence-electron chi connectivity index (χ3n) is 3.05. The van der Waals surface area contributed by atoms with Gasteiger partial charge in [0.15, 0.2) is 0 Å². The fraction of sp³-hybridized carbons (Fsp3) is 0.462. The van der Waals surface area contributed by atoms with Crippen LogP contribution in [0.25, 0.3) is 0 Å². The van der Waals surface area contributed by atoms with Gasteiger partial charge in [-0.25, -0.2) is 5.09 Å². The Bertz CT molecular complexity index is 490. The van der Waals surface area contributed by atoms with Crippen molar-refractivity contribution in [3.8, 4) is 5.75 Å². The summed E-state index contributed by atoms with van der Waals surface area (Å²) in [6.07, 6.45) is 2.97. The number of carbonyl (C=O) groups is 1. The van der Waals surface area contributed by atoms with Gasteiger partial charge >= 0.3 is 14.1 Å². The first-order chi connectivity index (χ1) is 9.54. The van der Waals surface area contributed by atoms with E-state index < -0.39 is 14.2 Å². The number of nitrogens with one attached hydrogen (secondary N) is 1. The monoisotopic (exact) mass is 361 g/mol. The van der Waals surface area contributed by atoms with Gasteiger partial charge in [-0.1, -0.05) is 15.9 Å². The smallest absolute Gasteiger partial charge is 0.323 e. The molecule has 1 N–H and O–H groups in total. The Labute approximate surface area is 127 Å². The van der Waals surface area contributed by atoms with E-state index in [0.29, 0.717) is 5.75 Å². The molecule has 1 fully saturated rings. The maximum absolute atomic E-state index is 11.8. The van der Waals surface area contributed by atoms with Crippen LogP contribution >= 0.6 is 24.1 Å². The van der Waals surface area contributed by atoms with E-state index in [2.05, 4.69) is 21.0 Å². The van der Waals surface area contributed by atoms with Crippen LogP contribution < -0.4 is 9.61 Å². The van der Waals surface area contributed by atoms with Crippen molar-refractivity contribution in [3.63, 3.8) is 0 Å². The molecule has 5 nitrogen and oxygen atoms in total. The topological polar surface area (TPSA) is 64.6 Å². The molecule has 0 aliphatic heterocycles. The predicted octanol–water partition coefficient (Wildman–Crippen LogP) is 3.29. The molecule has 2 atom stereocenters. The molecule has 0 heterocycles. The molecule has 7 heteroatoms. The molecule has 1 aromatic rings. The van der Waals surface area contributed by atoms with Gasteiger partial charge in [-0.2, -0.15) is 0 Å². The fourth-order valence-corrected chi connectivity index (χ4v) is 2.77. The summed E-state index contributed by atoms with van der Waals surface area (Å²) >= 11 is 3.30. The Kier molecular flexibility index (Phi) is 5.64. The van der Waals surface area contributed by atoms with Crippen LogP contribution in [0.4, 0.5) is 0 Å². The molecule has 0 spiro atoms. The van der Waals surface area contributed by atoms with Crippen LogP contribution in [0.2, 0.25) is 0 Å². The van der Waals surface area contributed by atoms with Gasteiger partial charge in [-0.3, -0.25) is 9.36 Å². The molecule has 1 aliphatic rings. The van der Waals surface area contributed by atoms with Crippen LogP contribution in [0.3, 0.4) is 0 Å². The highest BCUT2D eigenvalue weighted by molar-refractivity contribution is 9.10. The number of ether oxygens (including phenoxy) is 1. The lowest BCUT2D eigenvalue weighted by Gasteiger charge is -2.26. The maximum atomic E-state index is 11.8. The number of hydrogen-bond donors (Lipinski definition) is 1.